The summed E-state index contributed by atoms with van der Waals surface area (Å²) < 4.78 is 1.39. The number of hydrogen-bond donors (Lipinski definition) is 3. The molecular weight excluding hydrogens is 290 g/mol. The Labute approximate surface area is 124 Å². The normalized spacial score (nSPS) is 12.0. The average molecular weight is 305 g/mol. The SMILES string of the molecule is Cn1[nH]c(=O)c(=O)nc1SCC(C(=N)N)c1ccccc1. The van der Waals surface area contributed by atoms with Crippen LogP contribution in [0.2, 0.25) is 0 Å². The van der Waals surface area contributed by atoms with E-state index in [4.69, 9.17) is 11.1 Å². The Morgan fingerprint density at radius 3 is 2.71 bits per heavy atom. The first-order valence-corrected chi connectivity index (χ1v) is 7.16. The molecule has 1 aromatic heterocycles. The molecule has 0 fully saturated rings. The summed E-state index contributed by atoms with van der Waals surface area (Å²) in [6, 6.07) is 9.44. The zero-order valence-electron chi connectivity index (χ0n) is 11.4. The molecule has 2 rings (SSSR count). The number of nitrogens with one attached hydrogen (secondary N) is 2. The molecule has 2 aromatic rings. The maximum absolute atomic E-state index is 11.3. The van der Waals surface area contributed by atoms with Gasteiger partial charge in [-0.1, -0.05) is 42.1 Å². The van der Waals surface area contributed by atoms with Crippen molar-refractivity contribution in [2.45, 2.75) is 11.1 Å². The number of H-pyrrole nitrogens is 1. The topological polar surface area (TPSA) is 118 Å². The Bertz CT molecular complexity index is 753. The molecule has 0 aliphatic heterocycles. The third kappa shape index (κ3) is 3.60. The Hall–Kier alpha value is -2.35. The predicted molar refractivity (Wildman–Crippen MR) is 81.9 cm³/mol. The maximum Gasteiger partial charge on any atom is 0.339 e. The van der Waals surface area contributed by atoms with E-state index in [1.807, 2.05) is 30.3 Å². The molecule has 1 aromatic carbocycles. The van der Waals surface area contributed by atoms with E-state index in [-0.39, 0.29) is 11.8 Å². The first kappa shape index (κ1) is 15.0. The lowest BCUT2D eigenvalue weighted by atomic mass is 10.0. The van der Waals surface area contributed by atoms with Crippen molar-refractivity contribution in [3.05, 3.63) is 56.6 Å². The van der Waals surface area contributed by atoms with Crippen molar-refractivity contribution in [3.63, 3.8) is 0 Å². The lowest BCUT2D eigenvalue weighted by Crippen LogP contribution is -2.34. The molecule has 0 aliphatic carbocycles. The molecule has 7 nitrogen and oxygen atoms in total. The van der Waals surface area contributed by atoms with E-state index in [9.17, 15) is 9.59 Å². The van der Waals surface area contributed by atoms with Crippen LogP contribution in [0.25, 0.3) is 0 Å². The van der Waals surface area contributed by atoms with Crippen LogP contribution < -0.4 is 16.9 Å². The largest absolute Gasteiger partial charge is 0.387 e. The molecule has 110 valence electrons. The van der Waals surface area contributed by atoms with E-state index < -0.39 is 11.1 Å². The van der Waals surface area contributed by atoms with E-state index in [2.05, 4.69) is 10.1 Å². The lowest BCUT2D eigenvalue weighted by molar-refractivity contribution is 0.596. The molecule has 21 heavy (non-hydrogen) atoms. The summed E-state index contributed by atoms with van der Waals surface area (Å²) in [5.41, 5.74) is 4.99. The quantitative estimate of drug-likeness (QED) is 0.317. The van der Waals surface area contributed by atoms with E-state index in [1.54, 1.807) is 7.05 Å². The Morgan fingerprint density at radius 2 is 2.10 bits per heavy atom. The average Bonchev–Trinajstić information content (AvgIpc) is 2.45. The van der Waals surface area contributed by atoms with Crippen molar-refractivity contribution in [1.82, 2.24) is 14.8 Å². The minimum atomic E-state index is -0.824. The summed E-state index contributed by atoms with van der Waals surface area (Å²) >= 11 is 1.26. The zero-order chi connectivity index (χ0) is 15.4. The molecule has 0 radical (unpaired) electrons. The van der Waals surface area contributed by atoms with Crippen LogP contribution in [0.5, 0.6) is 0 Å². The van der Waals surface area contributed by atoms with Gasteiger partial charge in [0.05, 0.1) is 11.8 Å². The van der Waals surface area contributed by atoms with Gasteiger partial charge >= 0.3 is 11.1 Å². The first-order valence-electron chi connectivity index (χ1n) is 6.18. The van der Waals surface area contributed by atoms with Gasteiger partial charge in [-0.15, -0.1) is 0 Å². The summed E-state index contributed by atoms with van der Waals surface area (Å²) in [5.74, 6) is 0.217. The van der Waals surface area contributed by atoms with Gasteiger partial charge in [-0.25, -0.2) is 0 Å². The summed E-state index contributed by atoms with van der Waals surface area (Å²) in [6.07, 6.45) is 0. The second kappa shape index (κ2) is 6.40. The smallest absolute Gasteiger partial charge is 0.339 e. The molecule has 1 heterocycles. The van der Waals surface area contributed by atoms with Crippen molar-refractivity contribution in [2.75, 3.05) is 5.75 Å². The first-order chi connectivity index (χ1) is 9.99. The number of aryl methyl sites for hydroxylation is 1. The van der Waals surface area contributed by atoms with Crippen molar-refractivity contribution in [1.29, 1.82) is 5.41 Å². The number of amidine groups is 1. The Balaban J connectivity index is 2.21. The third-order valence-electron chi connectivity index (χ3n) is 2.90. The second-order valence-corrected chi connectivity index (χ2v) is 5.42. The molecule has 0 saturated heterocycles. The van der Waals surface area contributed by atoms with Gasteiger partial charge < -0.3 is 5.73 Å². The van der Waals surface area contributed by atoms with E-state index in [0.29, 0.717) is 10.9 Å². The zero-order valence-corrected chi connectivity index (χ0v) is 12.2. The van der Waals surface area contributed by atoms with Gasteiger partial charge in [0.2, 0.25) is 0 Å². The molecular formula is C13H15N5O2S. The molecule has 1 unspecified atom stereocenters. The fourth-order valence-electron chi connectivity index (χ4n) is 1.80. The van der Waals surface area contributed by atoms with Crippen LogP contribution in [-0.4, -0.2) is 26.4 Å². The number of aromatic nitrogens is 3. The van der Waals surface area contributed by atoms with Gasteiger partial charge in [0.15, 0.2) is 5.16 Å². The number of nitrogens with zero attached hydrogens (tertiary/aromatic N) is 2. The fourth-order valence-corrected chi connectivity index (χ4v) is 2.87. The number of benzene rings is 1. The van der Waals surface area contributed by atoms with Crippen molar-refractivity contribution < 1.29 is 0 Å². The molecule has 4 N–H and O–H groups in total. The Kier molecular flexibility index (Phi) is 4.59. The van der Waals surface area contributed by atoms with E-state index in [1.165, 1.54) is 16.4 Å². The Morgan fingerprint density at radius 1 is 1.43 bits per heavy atom. The van der Waals surface area contributed by atoms with E-state index >= 15 is 0 Å². The predicted octanol–water partition coefficient (Wildman–Crippen LogP) is 0.280. The van der Waals surface area contributed by atoms with Crippen LogP contribution in [0.1, 0.15) is 11.5 Å². The monoisotopic (exact) mass is 305 g/mol. The summed E-state index contributed by atoms with van der Waals surface area (Å²) in [5, 5.41) is 10.5. The van der Waals surface area contributed by atoms with Gasteiger partial charge in [-0.2, -0.15) is 4.98 Å². The highest BCUT2D eigenvalue weighted by molar-refractivity contribution is 7.99. The van der Waals surface area contributed by atoms with Crippen LogP contribution in [0, 0.1) is 5.41 Å². The molecule has 8 heteroatoms. The number of nitrogens with two attached hydrogens (primary N) is 1. The van der Waals surface area contributed by atoms with Gasteiger partial charge in [0.25, 0.3) is 0 Å². The van der Waals surface area contributed by atoms with Gasteiger partial charge in [0.1, 0.15) is 0 Å². The highest BCUT2D eigenvalue weighted by atomic mass is 32.2. The molecule has 0 amide bonds. The van der Waals surface area contributed by atoms with Crippen LogP contribution in [-0.2, 0) is 7.05 Å². The van der Waals surface area contributed by atoms with Crippen LogP contribution in [0.4, 0.5) is 0 Å². The van der Waals surface area contributed by atoms with Crippen LogP contribution in [0.3, 0.4) is 0 Å². The minimum Gasteiger partial charge on any atom is -0.387 e. The molecule has 0 spiro atoms. The van der Waals surface area contributed by atoms with Crippen molar-refractivity contribution >= 4 is 17.6 Å². The summed E-state index contributed by atoms with van der Waals surface area (Å²) in [7, 11) is 1.60. The number of thioether (sulfide) groups is 1. The third-order valence-corrected chi connectivity index (χ3v) is 4.03. The second-order valence-electron chi connectivity index (χ2n) is 4.43. The molecule has 0 saturated carbocycles. The maximum atomic E-state index is 11.3. The van der Waals surface area contributed by atoms with Gasteiger partial charge in [-0.05, 0) is 5.56 Å². The molecule has 0 bridgehead atoms. The van der Waals surface area contributed by atoms with Gasteiger partial charge in [0, 0.05) is 12.8 Å². The number of rotatable bonds is 5. The highest BCUT2D eigenvalue weighted by Gasteiger charge is 2.16. The van der Waals surface area contributed by atoms with Crippen molar-refractivity contribution in [2.24, 2.45) is 12.8 Å². The standard InChI is InChI=1S/C13H15N5O2S/c1-18-13(16-11(19)12(20)17-18)21-7-9(10(14)15)8-5-3-2-4-6-8/h2-6,9H,7H2,1H3,(H3,14,15)(H,17,20). The van der Waals surface area contributed by atoms with Crippen molar-refractivity contribution in [3.8, 4) is 0 Å². The van der Waals surface area contributed by atoms with Crippen LogP contribution in [0.15, 0.2) is 45.1 Å². The minimum absolute atomic E-state index is 0.0446. The number of hydrogen-bond acceptors (Lipinski definition) is 5. The summed E-state index contributed by atoms with van der Waals surface area (Å²) in [6.45, 7) is 0. The fraction of sp³-hybridized carbons (Fsp3) is 0.231. The number of aromatic amines is 1. The lowest BCUT2D eigenvalue weighted by Gasteiger charge is -2.15. The summed E-state index contributed by atoms with van der Waals surface area (Å²) in [4.78, 5) is 26.1. The highest BCUT2D eigenvalue weighted by Crippen LogP contribution is 2.23. The van der Waals surface area contributed by atoms with E-state index in [0.717, 1.165) is 5.56 Å². The molecule has 0 aliphatic rings. The van der Waals surface area contributed by atoms with Crippen LogP contribution >= 0.6 is 11.8 Å². The molecule has 1 atom stereocenters. The van der Waals surface area contributed by atoms with Gasteiger partial charge in [-0.3, -0.25) is 24.8 Å².